The van der Waals surface area contributed by atoms with E-state index in [4.69, 9.17) is 16.1 Å². The molecule has 3 aromatic carbocycles. The second-order valence-corrected chi connectivity index (χ2v) is 11.1. The molecule has 1 N–H and O–H groups in total. The predicted octanol–water partition coefficient (Wildman–Crippen LogP) is 6.79. The highest BCUT2D eigenvalue weighted by atomic mass is 35.5. The van der Waals surface area contributed by atoms with Crippen LogP contribution in [0.4, 0.5) is 11.4 Å². The number of hydrogen-bond donors (Lipinski definition) is 1. The highest BCUT2D eigenvalue weighted by molar-refractivity contribution is 7.67. The van der Waals surface area contributed by atoms with Gasteiger partial charge in [0, 0.05) is 35.8 Å². The largest absolute Gasteiger partial charge is 0.378 e. The van der Waals surface area contributed by atoms with E-state index in [0.29, 0.717) is 16.9 Å². The molecule has 164 valence electrons. The van der Waals surface area contributed by atoms with E-state index in [9.17, 15) is 4.57 Å². The van der Waals surface area contributed by atoms with Gasteiger partial charge in [0.25, 0.3) is 7.37 Å². The molecule has 0 fully saturated rings. The van der Waals surface area contributed by atoms with Gasteiger partial charge in [0.1, 0.15) is 5.78 Å². The molecular formula is C25H30ClN2O2P. The molecule has 0 spiro atoms. The minimum atomic E-state index is -3.36. The Balaban J connectivity index is 2.11. The Morgan fingerprint density at radius 2 is 1.55 bits per heavy atom. The number of rotatable bonds is 9. The lowest BCUT2D eigenvalue weighted by Gasteiger charge is -2.31. The third-order valence-electron chi connectivity index (χ3n) is 4.93. The van der Waals surface area contributed by atoms with Crippen molar-refractivity contribution in [1.29, 1.82) is 0 Å². The van der Waals surface area contributed by atoms with Crippen LogP contribution in [0.15, 0.2) is 78.9 Å². The number of nitrogens with zero attached hydrogens (tertiary/aromatic N) is 1. The summed E-state index contributed by atoms with van der Waals surface area (Å²) in [6.07, 6.45) is 0. The zero-order chi connectivity index (χ0) is 22.4. The Hall–Kier alpha value is -2.26. The molecule has 0 unspecified atom stereocenters. The molecule has 0 aliphatic heterocycles. The van der Waals surface area contributed by atoms with Crippen molar-refractivity contribution in [2.24, 2.45) is 5.92 Å². The second-order valence-electron chi connectivity index (χ2n) is 8.16. The summed E-state index contributed by atoms with van der Waals surface area (Å²) in [7, 11) is 0.606. The van der Waals surface area contributed by atoms with Crippen molar-refractivity contribution in [3.8, 4) is 0 Å². The molecule has 0 aliphatic carbocycles. The van der Waals surface area contributed by atoms with E-state index >= 15 is 0 Å². The zero-order valence-corrected chi connectivity index (χ0v) is 20.1. The Labute approximate surface area is 190 Å². The summed E-state index contributed by atoms with van der Waals surface area (Å²) in [4.78, 5) is 2.02. The van der Waals surface area contributed by atoms with E-state index in [2.05, 4.69) is 19.2 Å². The summed E-state index contributed by atoms with van der Waals surface area (Å²) < 4.78 is 20.9. The van der Waals surface area contributed by atoms with E-state index < -0.39 is 13.2 Å². The molecule has 0 heterocycles. The second kappa shape index (κ2) is 10.4. The van der Waals surface area contributed by atoms with E-state index in [1.165, 1.54) is 0 Å². The van der Waals surface area contributed by atoms with Crippen LogP contribution in [0.3, 0.4) is 0 Å². The van der Waals surface area contributed by atoms with Crippen molar-refractivity contribution < 1.29 is 9.09 Å². The Kier molecular flexibility index (Phi) is 7.83. The van der Waals surface area contributed by atoms with Gasteiger partial charge in [-0.15, -0.1) is 0 Å². The molecule has 4 nitrogen and oxygen atoms in total. The van der Waals surface area contributed by atoms with Crippen LogP contribution in [0.1, 0.15) is 25.2 Å². The minimum Gasteiger partial charge on any atom is -0.378 e. The van der Waals surface area contributed by atoms with Crippen LogP contribution in [0.5, 0.6) is 0 Å². The van der Waals surface area contributed by atoms with Gasteiger partial charge in [0.2, 0.25) is 0 Å². The van der Waals surface area contributed by atoms with Crippen LogP contribution >= 0.6 is 19.0 Å². The highest BCUT2D eigenvalue weighted by Crippen LogP contribution is 2.59. The van der Waals surface area contributed by atoms with Crippen LogP contribution in [-0.2, 0) is 9.09 Å². The fraction of sp³-hybridized carbons (Fsp3) is 0.280. The predicted molar refractivity (Wildman–Crippen MR) is 133 cm³/mol. The third-order valence-corrected chi connectivity index (χ3v) is 7.84. The van der Waals surface area contributed by atoms with Crippen molar-refractivity contribution in [2.75, 3.05) is 30.9 Å². The number of benzene rings is 3. The topological polar surface area (TPSA) is 41.6 Å². The fourth-order valence-electron chi connectivity index (χ4n) is 3.22. The SMILES string of the molecule is CC(C)CO[P@@](=O)(c1ccc(N(C)C)cc1)[C@H](Nc1ccccc1)c1ccc(Cl)cc1. The number of hydrogen-bond acceptors (Lipinski definition) is 4. The Bertz CT molecular complexity index is 1010. The van der Waals surface area contributed by atoms with Crippen molar-refractivity contribution in [1.82, 2.24) is 0 Å². The van der Waals surface area contributed by atoms with Gasteiger partial charge in [0.05, 0.1) is 6.61 Å². The number of anilines is 2. The molecule has 0 radical (unpaired) electrons. The van der Waals surface area contributed by atoms with Gasteiger partial charge >= 0.3 is 0 Å². The summed E-state index contributed by atoms with van der Waals surface area (Å²) in [6, 6.07) is 25.0. The summed E-state index contributed by atoms with van der Waals surface area (Å²) in [5, 5.41) is 4.79. The van der Waals surface area contributed by atoms with Crippen molar-refractivity contribution in [3.63, 3.8) is 0 Å². The maximum absolute atomic E-state index is 14.7. The van der Waals surface area contributed by atoms with Gasteiger partial charge < -0.3 is 14.7 Å². The first-order valence-electron chi connectivity index (χ1n) is 10.4. The highest BCUT2D eigenvalue weighted by Gasteiger charge is 2.38. The summed E-state index contributed by atoms with van der Waals surface area (Å²) in [6.45, 7) is 4.51. The quantitative estimate of drug-likeness (QED) is 0.360. The number of nitrogens with one attached hydrogen (secondary N) is 1. The third kappa shape index (κ3) is 5.92. The molecule has 6 heteroatoms. The first-order valence-corrected chi connectivity index (χ1v) is 12.5. The monoisotopic (exact) mass is 456 g/mol. The average molecular weight is 457 g/mol. The van der Waals surface area contributed by atoms with Crippen LogP contribution in [0.25, 0.3) is 0 Å². The first kappa shape index (κ1) is 23.4. The van der Waals surface area contributed by atoms with Gasteiger partial charge in [-0.1, -0.05) is 55.8 Å². The van der Waals surface area contributed by atoms with Crippen LogP contribution in [-0.4, -0.2) is 20.7 Å². The number of halogens is 1. The fourth-order valence-corrected chi connectivity index (χ4v) is 5.91. The lowest BCUT2D eigenvalue weighted by atomic mass is 10.2. The van der Waals surface area contributed by atoms with Gasteiger partial charge in [-0.2, -0.15) is 0 Å². The standard InChI is InChI=1S/C25H30ClN2O2P/c1-19(2)18-30-31(29,24-16-14-23(15-17-24)28(3)4)25(20-10-12-21(26)13-11-20)27-22-8-6-5-7-9-22/h5-17,19,25,27H,18H2,1-4H3/t25-,31-/m0/s1. The number of para-hydroxylation sites is 1. The average Bonchev–Trinajstić information content (AvgIpc) is 2.77. The van der Waals surface area contributed by atoms with Gasteiger partial charge in [0.15, 0.2) is 0 Å². The van der Waals surface area contributed by atoms with Crippen molar-refractivity contribution in [3.05, 3.63) is 89.4 Å². The van der Waals surface area contributed by atoms with Crippen LogP contribution in [0.2, 0.25) is 5.02 Å². The lowest BCUT2D eigenvalue weighted by Crippen LogP contribution is -2.22. The zero-order valence-electron chi connectivity index (χ0n) is 18.5. The van der Waals surface area contributed by atoms with Gasteiger partial charge in [-0.25, -0.2) is 0 Å². The maximum atomic E-state index is 14.7. The van der Waals surface area contributed by atoms with Crippen molar-refractivity contribution in [2.45, 2.75) is 19.6 Å². The van der Waals surface area contributed by atoms with Crippen LogP contribution in [0, 0.1) is 5.92 Å². The van der Waals surface area contributed by atoms with E-state index in [-0.39, 0.29) is 5.92 Å². The summed E-state index contributed by atoms with van der Waals surface area (Å²) >= 11 is 6.13. The molecule has 2 atom stereocenters. The first-order chi connectivity index (χ1) is 14.8. The Morgan fingerprint density at radius 3 is 2.10 bits per heavy atom. The lowest BCUT2D eigenvalue weighted by molar-refractivity contribution is 0.272. The molecule has 3 aromatic rings. The molecule has 0 saturated heterocycles. The molecular weight excluding hydrogens is 427 g/mol. The smallest absolute Gasteiger partial charge is 0.258 e. The molecule has 3 rings (SSSR count). The van der Waals surface area contributed by atoms with Crippen LogP contribution < -0.4 is 15.5 Å². The van der Waals surface area contributed by atoms with E-state index in [1.54, 1.807) is 0 Å². The molecule has 0 bridgehead atoms. The van der Waals surface area contributed by atoms with Crippen molar-refractivity contribution >= 4 is 35.6 Å². The molecule has 0 aromatic heterocycles. The Morgan fingerprint density at radius 1 is 0.935 bits per heavy atom. The summed E-state index contributed by atoms with van der Waals surface area (Å²) in [5.41, 5.74) is 2.77. The van der Waals surface area contributed by atoms with Gasteiger partial charge in [-0.3, -0.25) is 4.57 Å². The normalized spacial score (nSPS) is 14.1. The summed E-state index contributed by atoms with van der Waals surface area (Å²) in [5.74, 6) is -0.312. The molecule has 0 saturated carbocycles. The van der Waals surface area contributed by atoms with E-state index in [0.717, 1.165) is 16.9 Å². The maximum Gasteiger partial charge on any atom is 0.258 e. The van der Waals surface area contributed by atoms with Gasteiger partial charge in [-0.05, 0) is 60.0 Å². The molecule has 0 aliphatic rings. The molecule has 0 amide bonds. The molecule has 31 heavy (non-hydrogen) atoms. The van der Waals surface area contributed by atoms with E-state index in [1.807, 2.05) is 97.9 Å². The minimum absolute atomic E-state index is 0.247.